The number of pyridine rings is 1. The number of nitrogens with zero attached hydrogens (tertiary/aromatic N) is 1. The largest absolute Gasteiger partial charge is 0.379 e. The molecule has 0 fully saturated rings. The number of hydrogen-bond acceptors (Lipinski definition) is 3. The van der Waals surface area contributed by atoms with Gasteiger partial charge >= 0.3 is 0 Å². The molecule has 0 aromatic carbocycles. The van der Waals surface area contributed by atoms with Crippen molar-refractivity contribution < 1.29 is 4.74 Å². The maximum Gasteiger partial charge on any atom is 0.126 e. The van der Waals surface area contributed by atoms with Crippen molar-refractivity contribution in [1.82, 2.24) is 4.98 Å². The Labute approximate surface area is 98.2 Å². The zero-order valence-electron chi connectivity index (χ0n) is 10.5. The predicted molar refractivity (Wildman–Crippen MR) is 67.8 cm³/mol. The summed E-state index contributed by atoms with van der Waals surface area (Å²) in [6.45, 7) is 8.01. The molecule has 1 N–H and O–H groups in total. The van der Waals surface area contributed by atoms with E-state index in [0.29, 0.717) is 6.10 Å². The van der Waals surface area contributed by atoms with E-state index in [-0.39, 0.29) is 0 Å². The molecule has 3 heteroatoms. The Morgan fingerprint density at radius 2 is 2.19 bits per heavy atom. The zero-order chi connectivity index (χ0) is 11.8. The van der Waals surface area contributed by atoms with Crippen molar-refractivity contribution in [3.63, 3.8) is 0 Å². The SMILES string of the molecule is Cc1ccnc(NCCCCOC(C)C)c1. The van der Waals surface area contributed by atoms with Crippen LogP contribution in [0.3, 0.4) is 0 Å². The third-order valence-electron chi connectivity index (χ3n) is 2.24. The van der Waals surface area contributed by atoms with Crippen LogP contribution in [0, 0.1) is 6.92 Å². The lowest BCUT2D eigenvalue weighted by atomic mass is 10.3. The predicted octanol–water partition coefficient (Wildman–Crippen LogP) is 3.01. The summed E-state index contributed by atoms with van der Waals surface area (Å²) in [5, 5.41) is 3.31. The molecule has 1 heterocycles. The van der Waals surface area contributed by atoms with Crippen LogP contribution in [-0.2, 0) is 4.74 Å². The number of ether oxygens (including phenoxy) is 1. The average molecular weight is 222 g/mol. The number of unbranched alkanes of at least 4 members (excludes halogenated alkanes) is 1. The van der Waals surface area contributed by atoms with Gasteiger partial charge in [-0.05, 0) is 51.3 Å². The van der Waals surface area contributed by atoms with Gasteiger partial charge in [-0.3, -0.25) is 0 Å². The number of anilines is 1. The Morgan fingerprint density at radius 1 is 1.38 bits per heavy atom. The minimum absolute atomic E-state index is 0.339. The molecule has 0 amide bonds. The molecule has 1 aromatic rings. The molecule has 0 aliphatic carbocycles. The average Bonchev–Trinajstić information content (AvgIpc) is 2.23. The molecule has 0 saturated heterocycles. The summed E-state index contributed by atoms with van der Waals surface area (Å²) in [5.41, 5.74) is 1.24. The van der Waals surface area contributed by atoms with E-state index < -0.39 is 0 Å². The van der Waals surface area contributed by atoms with Crippen LogP contribution in [0.1, 0.15) is 32.3 Å². The van der Waals surface area contributed by atoms with E-state index in [1.54, 1.807) is 0 Å². The second kappa shape index (κ2) is 7.23. The van der Waals surface area contributed by atoms with E-state index in [0.717, 1.165) is 31.8 Å². The lowest BCUT2D eigenvalue weighted by molar-refractivity contribution is 0.0765. The quantitative estimate of drug-likeness (QED) is 0.720. The van der Waals surface area contributed by atoms with Crippen LogP contribution in [0.15, 0.2) is 18.3 Å². The second-order valence-electron chi connectivity index (χ2n) is 4.27. The highest BCUT2D eigenvalue weighted by atomic mass is 16.5. The van der Waals surface area contributed by atoms with Gasteiger partial charge in [0.2, 0.25) is 0 Å². The summed E-state index contributed by atoms with van der Waals surface area (Å²) in [4.78, 5) is 4.24. The van der Waals surface area contributed by atoms with Crippen LogP contribution >= 0.6 is 0 Å². The summed E-state index contributed by atoms with van der Waals surface area (Å²) in [6.07, 6.45) is 4.38. The zero-order valence-corrected chi connectivity index (χ0v) is 10.5. The summed E-state index contributed by atoms with van der Waals surface area (Å²) in [6, 6.07) is 4.06. The number of rotatable bonds is 7. The van der Waals surface area contributed by atoms with Gasteiger partial charge in [-0.2, -0.15) is 0 Å². The van der Waals surface area contributed by atoms with Gasteiger partial charge in [0, 0.05) is 19.3 Å². The van der Waals surface area contributed by atoms with Gasteiger partial charge in [-0.25, -0.2) is 4.98 Å². The van der Waals surface area contributed by atoms with Crippen molar-refractivity contribution >= 4 is 5.82 Å². The molecule has 0 saturated carbocycles. The molecule has 0 aliphatic heterocycles. The Kier molecular flexibility index (Phi) is 5.86. The minimum Gasteiger partial charge on any atom is -0.379 e. The monoisotopic (exact) mass is 222 g/mol. The molecule has 0 atom stereocenters. The molecular formula is C13H22N2O. The van der Waals surface area contributed by atoms with Crippen LogP contribution in [0.4, 0.5) is 5.82 Å². The summed E-state index contributed by atoms with van der Waals surface area (Å²) >= 11 is 0. The van der Waals surface area contributed by atoms with Crippen molar-refractivity contribution in [2.75, 3.05) is 18.5 Å². The van der Waals surface area contributed by atoms with Crippen molar-refractivity contribution in [3.05, 3.63) is 23.9 Å². The van der Waals surface area contributed by atoms with Crippen LogP contribution in [0.2, 0.25) is 0 Å². The van der Waals surface area contributed by atoms with Crippen molar-refractivity contribution in [3.8, 4) is 0 Å². The molecule has 90 valence electrons. The Bertz CT molecular complexity index is 300. The molecule has 1 rings (SSSR count). The highest BCUT2D eigenvalue weighted by molar-refractivity contribution is 5.36. The van der Waals surface area contributed by atoms with Gasteiger partial charge < -0.3 is 10.1 Å². The third kappa shape index (κ3) is 5.71. The Morgan fingerprint density at radius 3 is 2.88 bits per heavy atom. The maximum absolute atomic E-state index is 5.47. The van der Waals surface area contributed by atoms with Gasteiger partial charge in [0.25, 0.3) is 0 Å². The number of hydrogen-bond donors (Lipinski definition) is 1. The standard InChI is InChI=1S/C13H22N2O/c1-11(2)16-9-5-4-7-14-13-10-12(3)6-8-15-13/h6,8,10-11H,4-5,7,9H2,1-3H3,(H,14,15). The molecule has 0 radical (unpaired) electrons. The topological polar surface area (TPSA) is 34.2 Å². The van der Waals surface area contributed by atoms with E-state index in [1.165, 1.54) is 5.56 Å². The summed E-state index contributed by atoms with van der Waals surface area (Å²) in [5.74, 6) is 0.963. The number of nitrogens with one attached hydrogen (secondary N) is 1. The maximum atomic E-state index is 5.47. The Hall–Kier alpha value is -1.09. The van der Waals surface area contributed by atoms with Crippen LogP contribution in [0.5, 0.6) is 0 Å². The van der Waals surface area contributed by atoms with Gasteiger partial charge in [0.15, 0.2) is 0 Å². The van der Waals surface area contributed by atoms with E-state index in [1.807, 2.05) is 12.3 Å². The van der Waals surface area contributed by atoms with E-state index >= 15 is 0 Å². The van der Waals surface area contributed by atoms with E-state index in [2.05, 4.69) is 37.1 Å². The fourth-order valence-corrected chi connectivity index (χ4v) is 1.40. The van der Waals surface area contributed by atoms with Gasteiger partial charge in [-0.15, -0.1) is 0 Å². The molecule has 0 unspecified atom stereocenters. The third-order valence-corrected chi connectivity index (χ3v) is 2.24. The number of aromatic nitrogens is 1. The van der Waals surface area contributed by atoms with Crippen molar-refractivity contribution in [2.45, 2.75) is 39.7 Å². The first-order valence-electron chi connectivity index (χ1n) is 5.96. The second-order valence-corrected chi connectivity index (χ2v) is 4.27. The summed E-state index contributed by atoms with van der Waals surface area (Å²) in [7, 11) is 0. The van der Waals surface area contributed by atoms with Gasteiger partial charge in [-0.1, -0.05) is 0 Å². The first-order valence-corrected chi connectivity index (χ1v) is 5.96. The normalized spacial score (nSPS) is 10.8. The molecule has 3 nitrogen and oxygen atoms in total. The molecular weight excluding hydrogens is 200 g/mol. The number of aryl methyl sites for hydroxylation is 1. The van der Waals surface area contributed by atoms with Crippen molar-refractivity contribution in [1.29, 1.82) is 0 Å². The van der Waals surface area contributed by atoms with Crippen molar-refractivity contribution in [2.24, 2.45) is 0 Å². The fourth-order valence-electron chi connectivity index (χ4n) is 1.40. The lowest BCUT2D eigenvalue weighted by Crippen LogP contribution is -2.07. The minimum atomic E-state index is 0.339. The highest BCUT2D eigenvalue weighted by Gasteiger charge is 1.95. The smallest absolute Gasteiger partial charge is 0.126 e. The molecule has 1 aromatic heterocycles. The molecule has 0 aliphatic rings. The first kappa shape index (κ1) is 13.0. The molecule has 0 spiro atoms. The first-order chi connectivity index (χ1) is 7.68. The van der Waals surface area contributed by atoms with E-state index in [9.17, 15) is 0 Å². The Balaban J connectivity index is 2.07. The highest BCUT2D eigenvalue weighted by Crippen LogP contribution is 2.05. The van der Waals surface area contributed by atoms with E-state index in [4.69, 9.17) is 4.74 Å². The van der Waals surface area contributed by atoms with Crippen LogP contribution in [0.25, 0.3) is 0 Å². The lowest BCUT2D eigenvalue weighted by Gasteiger charge is -2.08. The van der Waals surface area contributed by atoms with Gasteiger partial charge in [0.1, 0.15) is 5.82 Å². The molecule has 16 heavy (non-hydrogen) atoms. The van der Waals surface area contributed by atoms with Gasteiger partial charge in [0.05, 0.1) is 6.10 Å². The summed E-state index contributed by atoms with van der Waals surface area (Å²) < 4.78 is 5.47. The fraction of sp³-hybridized carbons (Fsp3) is 0.615. The van der Waals surface area contributed by atoms with Crippen LogP contribution in [-0.4, -0.2) is 24.2 Å². The van der Waals surface area contributed by atoms with Crippen LogP contribution < -0.4 is 5.32 Å². The molecule has 0 bridgehead atoms.